The summed E-state index contributed by atoms with van der Waals surface area (Å²) in [6, 6.07) is 17.9. The number of methoxy groups -OCH3 is 1. The molecule has 1 atom stereocenters. The number of hydrogen-bond donors (Lipinski definition) is 3. The third kappa shape index (κ3) is 4.89. The zero-order chi connectivity index (χ0) is 23.5. The molecule has 176 valence electrons. The molecule has 8 heteroatoms. The highest BCUT2D eigenvalue weighted by Crippen LogP contribution is 2.32. The van der Waals surface area contributed by atoms with E-state index in [4.69, 9.17) is 14.5 Å². The topological polar surface area (TPSA) is 92.9 Å². The summed E-state index contributed by atoms with van der Waals surface area (Å²) < 4.78 is 13.0. The van der Waals surface area contributed by atoms with Crippen molar-refractivity contribution in [3.05, 3.63) is 71.9 Å². The summed E-state index contributed by atoms with van der Waals surface area (Å²) in [5.41, 5.74) is 4.43. The predicted molar refractivity (Wildman–Crippen MR) is 131 cm³/mol. The maximum absolute atomic E-state index is 10.5. The Balaban J connectivity index is 1.51. The van der Waals surface area contributed by atoms with Crippen LogP contribution in [0.2, 0.25) is 0 Å². The molecular formula is C26H29N5O3. The minimum atomic E-state index is -0.661. The monoisotopic (exact) mass is 459 g/mol. The molecule has 2 aromatic carbocycles. The van der Waals surface area contributed by atoms with E-state index in [-0.39, 0.29) is 0 Å². The van der Waals surface area contributed by atoms with E-state index in [0.717, 1.165) is 40.9 Å². The van der Waals surface area contributed by atoms with Crippen LogP contribution in [0.15, 0.2) is 60.8 Å². The number of fused-ring (bicyclic) bond motifs is 1. The molecule has 2 aromatic heterocycles. The highest BCUT2D eigenvalue weighted by atomic mass is 16.5. The summed E-state index contributed by atoms with van der Waals surface area (Å²) in [5.74, 6) is 1.94. The van der Waals surface area contributed by atoms with Crippen molar-refractivity contribution in [2.24, 2.45) is 0 Å². The van der Waals surface area contributed by atoms with Crippen molar-refractivity contribution in [3.8, 4) is 22.8 Å². The first-order valence-corrected chi connectivity index (χ1v) is 11.5. The van der Waals surface area contributed by atoms with Gasteiger partial charge in [-0.3, -0.25) is 5.32 Å². The lowest BCUT2D eigenvalue weighted by Crippen LogP contribution is -2.23. The van der Waals surface area contributed by atoms with E-state index >= 15 is 0 Å². The van der Waals surface area contributed by atoms with Crippen molar-refractivity contribution in [3.63, 3.8) is 0 Å². The van der Waals surface area contributed by atoms with Crippen molar-refractivity contribution in [1.82, 2.24) is 19.9 Å². The molecule has 0 spiro atoms. The van der Waals surface area contributed by atoms with Crippen LogP contribution >= 0.6 is 0 Å². The highest BCUT2D eigenvalue weighted by molar-refractivity contribution is 5.79. The van der Waals surface area contributed by atoms with E-state index in [1.165, 1.54) is 0 Å². The molecular weight excluding hydrogens is 430 g/mol. The summed E-state index contributed by atoms with van der Waals surface area (Å²) in [5, 5.41) is 21.7. The van der Waals surface area contributed by atoms with Gasteiger partial charge in [0, 0.05) is 31.3 Å². The molecule has 0 saturated heterocycles. The summed E-state index contributed by atoms with van der Waals surface area (Å²) in [4.78, 5) is 4.78. The summed E-state index contributed by atoms with van der Waals surface area (Å²) in [6.45, 7) is 3.19. The van der Waals surface area contributed by atoms with Crippen LogP contribution in [0.1, 0.15) is 30.2 Å². The zero-order valence-electron chi connectivity index (χ0n) is 19.4. The second kappa shape index (κ2) is 9.80. The molecule has 5 rings (SSSR count). The van der Waals surface area contributed by atoms with Crippen LogP contribution in [0, 0.1) is 6.92 Å². The van der Waals surface area contributed by atoms with Gasteiger partial charge in [0.2, 0.25) is 5.88 Å². The number of anilines is 1. The molecule has 3 N–H and O–H groups in total. The highest BCUT2D eigenvalue weighted by Gasteiger charge is 2.25. The lowest BCUT2D eigenvalue weighted by Gasteiger charge is -2.16. The second-order valence-electron chi connectivity index (χ2n) is 8.52. The van der Waals surface area contributed by atoms with Crippen LogP contribution in [-0.2, 0) is 4.74 Å². The van der Waals surface area contributed by atoms with Crippen LogP contribution in [0.25, 0.3) is 16.8 Å². The molecule has 1 saturated carbocycles. The quantitative estimate of drug-likeness (QED) is 0.241. The van der Waals surface area contributed by atoms with Gasteiger partial charge in [-0.2, -0.15) is 14.6 Å². The summed E-state index contributed by atoms with van der Waals surface area (Å²) in [7, 11) is 1.67. The molecule has 34 heavy (non-hydrogen) atoms. The molecule has 2 heterocycles. The van der Waals surface area contributed by atoms with Gasteiger partial charge < -0.3 is 19.9 Å². The van der Waals surface area contributed by atoms with Crippen LogP contribution in [0.3, 0.4) is 0 Å². The van der Waals surface area contributed by atoms with Gasteiger partial charge >= 0.3 is 0 Å². The van der Waals surface area contributed by atoms with E-state index in [1.54, 1.807) is 11.6 Å². The number of benzene rings is 2. The molecule has 0 amide bonds. The Morgan fingerprint density at radius 3 is 2.71 bits per heavy atom. The van der Waals surface area contributed by atoms with Crippen LogP contribution < -0.4 is 15.4 Å². The van der Waals surface area contributed by atoms with Gasteiger partial charge in [0.05, 0.1) is 12.8 Å². The fraction of sp³-hybridized carbons (Fsp3) is 0.308. The Morgan fingerprint density at radius 2 is 1.97 bits per heavy atom. The number of nitrogens with zero attached hydrogens (tertiary/aromatic N) is 3. The Labute approximate surface area is 198 Å². The number of aliphatic hydroxyl groups excluding tert-OH is 1. The van der Waals surface area contributed by atoms with Crippen LogP contribution in [0.5, 0.6) is 11.6 Å². The van der Waals surface area contributed by atoms with Gasteiger partial charge in [-0.1, -0.05) is 36.4 Å². The number of aromatic nitrogens is 3. The Hall–Kier alpha value is -3.46. The van der Waals surface area contributed by atoms with Gasteiger partial charge in [0.25, 0.3) is 0 Å². The molecule has 1 fully saturated rings. The number of para-hydroxylation sites is 1. The standard InChI is InChI=1S/C26H29N5O3/c1-17-14-18(8-11-21(17)26(32)29-19-9-10-19)22-16-28-31-23(27-12-13-33-2)15-24(30-25(22)31)34-20-6-4-3-5-7-20/h3-8,11,14-16,19,26-27,29,32H,9-10,12-13H2,1-2H3. The maximum Gasteiger partial charge on any atom is 0.224 e. The SMILES string of the molecule is COCCNc1cc(Oc2ccccc2)nc2c(-c3ccc(C(O)NC4CC4)c(C)c3)cnn12. The van der Waals surface area contributed by atoms with Crippen molar-refractivity contribution in [1.29, 1.82) is 0 Å². The summed E-state index contributed by atoms with van der Waals surface area (Å²) in [6.07, 6.45) is 3.39. The fourth-order valence-electron chi connectivity index (χ4n) is 3.93. The molecule has 1 unspecified atom stereocenters. The molecule has 0 aliphatic heterocycles. The molecule has 8 nitrogen and oxygen atoms in total. The Kier molecular flexibility index (Phi) is 6.44. The molecule has 0 radical (unpaired) electrons. The van der Waals surface area contributed by atoms with Crippen molar-refractivity contribution in [2.45, 2.75) is 32.0 Å². The molecule has 1 aliphatic rings. The molecule has 0 bridgehead atoms. The van der Waals surface area contributed by atoms with E-state index < -0.39 is 6.23 Å². The Morgan fingerprint density at radius 1 is 1.15 bits per heavy atom. The van der Waals surface area contributed by atoms with E-state index in [9.17, 15) is 5.11 Å². The van der Waals surface area contributed by atoms with Gasteiger partial charge in [-0.25, -0.2) is 0 Å². The van der Waals surface area contributed by atoms with Gasteiger partial charge in [0.1, 0.15) is 17.8 Å². The first-order valence-electron chi connectivity index (χ1n) is 11.5. The van der Waals surface area contributed by atoms with E-state index in [1.807, 2.05) is 61.7 Å². The lowest BCUT2D eigenvalue weighted by atomic mass is 10.0. The fourth-order valence-corrected chi connectivity index (χ4v) is 3.93. The van der Waals surface area contributed by atoms with Crippen LogP contribution in [-0.4, -0.2) is 46.0 Å². The molecule has 4 aromatic rings. The average molecular weight is 460 g/mol. The Bertz CT molecular complexity index is 1270. The number of ether oxygens (including phenoxy) is 2. The van der Waals surface area contributed by atoms with Crippen molar-refractivity contribution >= 4 is 11.5 Å². The van der Waals surface area contributed by atoms with E-state index in [2.05, 4.69) is 21.8 Å². The number of nitrogens with one attached hydrogen (secondary N) is 2. The van der Waals surface area contributed by atoms with Crippen molar-refractivity contribution < 1.29 is 14.6 Å². The number of hydrogen-bond acceptors (Lipinski definition) is 7. The minimum absolute atomic E-state index is 0.421. The maximum atomic E-state index is 10.5. The zero-order valence-corrected chi connectivity index (χ0v) is 19.4. The predicted octanol–water partition coefficient (Wildman–Crippen LogP) is 4.30. The largest absolute Gasteiger partial charge is 0.439 e. The average Bonchev–Trinajstić information content (AvgIpc) is 3.55. The minimum Gasteiger partial charge on any atom is -0.439 e. The molecule has 1 aliphatic carbocycles. The lowest BCUT2D eigenvalue weighted by molar-refractivity contribution is 0.136. The second-order valence-corrected chi connectivity index (χ2v) is 8.52. The van der Waals surface area contributed by atoms with Gasteiger partial charge in [-0.05, 0) is 48.6 Å². The number of aryl methyl sites for hydroxylation is 1. The number of aliphatic hydroxyl groups is 1. The first-order chi connectivity index (χ1) is 16.6. The van der Waals surface area contributed by atoms with Crippen molar-refractivity contribution in [2.75, 3.05) is 25.6 Å². The first kappa shape index (κ1) is 22.3. The number of rotatable bonds is 10. The van der Waals surface area contributed by atoms with Gasteiger partial charge in [-0.15, -0.1) is 0 Å². The van der Waals surface area contributed by atoms with E-state index in [0.29, 0.717) is 36.5 Å². The third-order valence-corrected chi connectivity index (χ3v) is 5.87. The normalized spacial score (nSPS) is 14.3. The third-order valence-electron chi connectivity index (χ3n) is 5.87. The van der Waals surface area contributed by atoms with Gasteiger partial charge in [0.15, 0.2) is 5.65 Å². The summed E-state index contributed by atoms with van der Waals surface area (Å²) >= 11 is 0. The van der Waals surface area contributed by atoms with Crippen LogP contribution in [0.4, 0.5) is 5.82 Å². The smallest absolute Gasteiger partial charge is 0.224 e.